The smallest absolute Gasteiger partial charge is 0.363 e. The van der Waals surface area contributed by atoms with Crippen LogP contribution in [0.1, 0.15) is 23.6 Å². The molecule has 0 aliphatic carbocycles. The fraction of sp³-hybridized carbons (Fsp3) is 0.120. The first-order chi connectivity index (χ1) is 15.9. The highest BCUT2D eigenvalue weighted by atomic mass is 79.9. The number of ether oxygens (including phenoxy) is 3. The van der Waals surface area contributed by atoms with Crippen molar-refractivity contribution in [2.75, 3.05) is 6.61 Å². The standard InChI is InChI=1S/C25H18BrClFNO4/c1-2-31-22-12-16(10-20(27)23(22)32-14-15-5-3-8-19(28)9-15)11-21-25(30)33-24(29-21)17-6-4-7-18(26)13-17/h3-13H,2,14H2,1H3/b21-11-. The molecule has 0 unspecified atom stereocenters. The zero-order chi connectivity index (χ0) is 23.4. The molecule has 3 aromatic carbocycles. The van der Waals surface area contributed by atoms with E-state index in [9.17, 15) is 9.18 Å². The molecular formula is C25H18BrClFNO4. The summed E-state index contributed by atoms with van der Waals surface area (Å²) in [6.07, 6.45) is 1.57. The Labute approximate surface area is 203 Å². The molecule has 1 aliphatic rings. The molecule has 0 atom stereocenters. The maximum Gasteiger partial charge on any atom is 0.363 e. The first-order valence-corrected chi connectivity index (χ1v) is 11.2. The zero-order valence-electron chi connectivity index (χ0n) is 17.5. The number of halogens is 3. The highest BCUT2D eigenvalue weighted by Crippen LogP contribution is 2.38. The second kappa shape index (κ2) is 10.2. The van der Waals surface area contributed by atoms with E-state index in [1.165, 1.54) is 12.1 Å². The second-order valence-corrected chi connectivity index (χ2v) is 8.35. The Balaban J connectivity index is 1.61. The average Bonchev–Trinajstić information content (AvgIpc) is 3.14. The SMILES string of the molecule is CCOc1cc(/C=C2\N=C(c3cccc(Br)c3)OC2=O)cc(Cl)c1OCc1cccc(F)c1. The number of aliphatic imine (C=N–C) groups is 1. The predicted octanol–water partition coefficient (Wildman–Crippen LogP) is 6.56. The third-order valence-electron chi connectivity index (χ3n) is 4.60. The van der Waals surface area contributed by atoms with Crippen LogP contribution in [-0.2, 0) is 16.1 Å². The number of esters is 1. The Morgan fingerprint density at radius 2 is 1.94 bits per heavy atom. The van der Waals surface area contributed by atoms with E-state index in [0.717, 1.165) is 4.47 Å². The van der Waals surface area contributed by atoms with Crippen molar-refractivity contribution in [2.45, 2.75) is 13.5 Å². The number of cyclic esters (lactones) is 1. The summed E-state index contributed by atoms with van der Waals surface area (Å²) in [6, 6.07) is 16.8. The van der Waals surface area contributed by atoms with Crippen molar-refractivity contribution in [3.63, 3.8) is 0 Å². The van der Waals surface area contributed by atoms with Gasteiger partial charge in [-0.05, 0) is 66.6 Å². The summed E-state index contributed by atoms with van der Waals surface area (Å²) in [6.45, 7) is 2.32. The van der Waals surface area contributed by atoms with Gasteiger partial charge in [0.1, 0.15) is 12.4 Å². The van der Waals surface area contributed by atoms with Crippen LogP contribution in [0.25, 0.3) is 6.08 Å². The molecule has 0 saturated carbocycles. The van der Waals surface area contributed by atoms with Crippen LogP contribution in [-0.4, -0.2) is 18.5 Å². The molecule has 0 spiro atoms. The quantitative estimate of drug-likeness (QED) is 0.256. The van der Waals surface area contributed by atoms with E-state index in [0.29, 0.717) is 34.8 Å². The lowest BCUT2D eigenvalue weighted by Gasteiger charge is -2.14. The molecule has 8 heteroatoms. The first-order valence-electron chi connectivity index (χ1n) is 10.0. The van der Waals surface area contributed by atoms with Crippen LogP contribution >= 0.6 is 27.5 Å². The van der Waals surface area contributed by atoms with Crippen molar-refractivity contribution in [2.24, 2.45) is 4.99 Å². The molecule has 0 amide bonds. The third-order valence-corrected chi connectivity index (χ3v) is 5.37. The fourth-order valence-corrected chi connectivity index (χ4v) is 3.84. The minimum atomic E-state index is -0.564. The van der Waals surface area contributed by atoms with Gasteiger partial charge in [-0.15, -0.1) is 0 Å². The Bertz CT molecular complexity index is 1280. The van der Waals surface area contributed by atoms with Crippen LogP contribution in [0.5, 0.6) is 11.5 Å². The highest BCUT2D eigenvalue weighted by Gasteiger charge is 2.24. The van der Waals surface area contributed by atoms with Crippen LogP contribution in [0.15, 0.2) is 75.8 Å². The van der Waals surface area contributed by atoms with Crippen LogP contribution in [0.2, 0.25) is 5.02 Å². The normalized spacial score (nSPS) is 14.2. The number of rotatable bonds is 7. The zero-order valence-corrected chi connectivity index (χ0v) is 19.8. The molecule has 33 heavy (non-hydrogen) atoms. The molecule has 0 bridgehead atoms. The van der Waals surface area contributed by atoms with Crippen molar-refractivity contribution in [3.05, 3.63) is 98.4 Å². The molecule has 0 aromatic heterocycles. The lowest BCUT2D eigenvalue weighted by molar-refractivity contribution is -0.129. The van der Waals surface area contributed by atoms with Gasteiger partial charge in [-0.3, -0.25) is 0 Å². The molecule has 0 fully saturated rings. The highest BCUT2D eigenvalue weighted by molar-refractivity contribution is 9.10. The fourth-order valence-electron chi connectivity index (χ4n) is 3.17. The molecule has 4 rings (SSSR count). The van der Waals surface area contributed by atoms with Crippen LogP contribution in [0.4, 0.5) is 4.39 Å². The van der Waals surface area contributed by atoms with Gasteiger partial charge in [-0.25, -0.2) is 14.2 Å². The molecule has 1 heterocycles. The van der Waals surface area contributed by atoms with Crippen molar-refractivity contribution >= 4 is 45.5 Å². The van der Waals surface area contributed by atoms with Crippen molar-refractivity contribution < 1.29 is 23.4 Å². The van der Waals surface area contributed by atoms with E-state index in [1.54, 1.807) is 36.4 Å². The Morgan fingerprint density at radius 3 is 2.70 bits per heavy atom. The van der Waals surface area contributed by atoms with Crippen LogP contribution in [0.3, 0.4) is 0 Å². The number of carbonyl (C=O) groups excluding carboxylic acids is 1. The molecule has 1 aliphatic heterocycles. The largest absolute Gasteiger partial charge is 0.490 e. The Hall–Kier alpha value is -3.16. The topological polar surface area (TPSA) is 57.1 Å². The summed E-state index contributed by atoms with van der Waals surface area (Å²) in [5.41, 5.74) is 2.06. The molecule has 0 saturated heterocycles. The minimum absolute atomic E-state index is 0.116. The predicted molar refractivity (Wildman–Crippen MR) is 128 cm³/mol. The van der Waals surface area contributed by atoms with Crippen LogP contribution < -0.4 is 9.47 Å². The van der Waals surface area contributed by atoms with E-state index >= 15 is 0 Å². The van der Waals surface area contributed by atoms with E-state index < -0.39 is 5.97 Å². The molecule has 168 valence electrons. The average molecular weight is 531 g/mol. The van der Waals surface area contributed by atoms with Gasteiger partial charge in [-0.2, -0.15) is 0 Å². The Kier molecular flexibility index (Phi) is 7.11. The number of benzene rings is 3. The van der Waals surface area contributed by atoms with Gasteiger partial charge in [0.05, 0.1) is 11.6 Å². The van der Waals surface area contributed by atoms with Gasteiger partial charge in [0.2, 0.25) is 5.90 Å². The number of hydrogen-bond donors (Lipinski definition) is 0. The van der Waals surface area contributed by atoms with E-state index in [-0.39, 0.29) is 29.0 Å². The maximum absolute atomic E-state index is 13.4. The lowest BCUT2D eigenvalue weighted by Crippen LogP contribution is -2.05. The summed E-state index contributed by atoms with van der Waals surface area (Å²) in [7, 11) is 0. The van der Waals surface area contributed by atoms with Crippen molar-refractivity contribution in [1.29, 1.82) is 0 Å². The summed E-state index contributed by atoms with van der Waals surface area (Å²) in [5, 5.41) is 0.284. The summed E-state index contributed by atoms with van der Waals surface area (Å²) in [5.74, 6) is 0.0395. The van der Waals surface area contributed by atoms with E-state index in [4.69, 9.17) is 25.8 Å². The van der Waals surface area contributed by atoms with Crippen molar-refractivity contribution in [3.8, 4) is 11.5 Å². The van der Waals surface area contributed by atoms with Gasteiger partial charge < -0.3 is 14.2 Å². The van der Waals surface area contributed by atoms with Gasteiger partial charge in [0.25, 0.3) is 0 Å². The van der Waals surface area contributed by atoms with Gasteiger partial charge in [-0.1, -0.05) is 45.7 Å². The van der Waals surface area contributed by atoms with Gasteiger partial charge in [0, 0.05) is 10.0 Å². The molecule has 5 nitrogen and oxygen atoms in total. The van der Waals surface area contributed by atoms with Gasteiger partial charge in [0.15, 0.2) is 17.2 Å². The monoisotopic (exact) mass is 529 g/mol. The summed E-state index contributed by atoms with van der Waals surface area (Å²) < 4.78 is 31.1. The van der Waals surface area contributed by atoms with E-state index in [1.807, 2.05) is 25.1 Å². The Morgan fingerprint density at radius 1 is 1.12 bits per heavy atom. The van der Waals surface area contributed by atoms with Gasteiger partial charge >= 0.3 is 5.97 Å². The number of carbonyl (C=O) groups is 1. The molecule has 0 N–H and O–H groups in total. The number of nitrogens with zero attached hydrogens (tertiary/aromatic N) is 1. The molecular weight excluding hydrogens is 513 g/mol. The lowest BCUT2D eigenvalue weighted by atomic mass is 10.1. The first kappa shape index (κ1) is 23.0. The maximum atomic E-state index is 13.4. The van der Waals surface area contributed by atoms with Crippen LogP contribution in [0, 0.1) is 5.82 Å². The van der Waals surface area contributed by atoms with Crippen molar-refractivity contribution in [1.82, 2.24) is 0 Å². The minimum Gasteiger partial charge on any atom is -0.490 e. The third kappa shape index (κ3) is 5.61. The summed E-state index contributed by atoms with van der Waals surface area (Å²) in [4.78, 5) is 16.7. The molecule has 0 radical (unpaired) electrons. The number of hydrogen-bond acceptors (Lipinski definition) is 5. The second-order valence-electron chi connectivity index (χ2n) is 7.03. The van der Waals surface area contributed by atoms with E-state index in [2.05, 4.69) is 20.9 Å². The summed E-state index contributed by atoms with van der Waals surface area (Å²) >= 11 is 9.86. The molecule has 3 aromatic rings.